The fourth-order valence-electron chi connectivity index (χ4n) is 3.21. The Balaban J connectivity index is 1.53. The second kappa shape index (κ2) is 9.19. The highest BCUT2D eigenvalue weighted by Gasteiger charge is 2.22. The summed E-state index contributed by atoms with van der Waals surface area (Å²) in [5.41, 5.74) is 1.01. The molecule has 154 valence electrons. The summed E-state index contributed by atoms with van der Waals surface area (Å²) in [5.74, 6) is -0.0856. The van der Waals surface area contributed by atoms with E-state index in [0.29, 0.717) is 17.0 Å². The molecule has 0 atom stereocenters. The van der Waals surface area contributed by atoms with Gasteiger partial charge >= 0.3 is 0 Å². The Morgan fingerprint density at radius 3 is 2.41 bits per heavy atom. The fourth-order valence-corrected chi connectivity index (χ4v) is 4.51. The number of anilines is 1. The Labute approximate surface area is 170 Å². The van der Waals surface area contributed by atoms with Crippen LogP contribution in [-0.2, 0) is 14.8 Å². The SMILES string of the molecule is CC(=O)c1cccc(NC(=O)COc2ccc(S(=O)(=O)NC3CCCC3)cc2)c1. The van der Waals surface area contributed by atoms with Crippen LogP contribution < -0.4 is 14.8 Å². The number of hydrogen-bond donors (Lipinski definition) is 2. The Kier molecular flexibility index (Phi) is 6.66. The summed E-state index contributed by atoms with van der Waals surface area (Å²) < 4.78 is 33.0. The second-order valence-corrected chi connectivity index (χ2v) is 8.76. The third-order valence-electron chi connectivity index (χ3n) is 4.73. The maximum atomic E-state index is 12.4. The van der Waals surface area contributed by atoms with Crippen LogP contribution in [-0.4, -0.2) is 32.8 Å². The summed E-state index contributed by atoms with van der Waals surface area (Å²) in [7, 11) is -3.56. The van der Waals surface area contributed by atoms with E-state index < -0.39 is 10.0 Å². The highest BCUT2D eigenvalue weighted by atomic mass is 32.2. The predicted octanol–water partition coefficient (Wildman–Crippen LogP) is 3.13. The van der Waals surface area contributed by atoms with E-state index in [0.717, 1.165) is 25.7 Å². The standard InChI is InChI=1S/C21H24N2O5S/c1-15(24)16-5-4-8-18(13-16)22-21(25)14-28-19-9-11-20(12-10-19)29(26,27)23-17-6-2-3-7-17/h4-5,8-13,17,23H,2-3,6-7,14H2,1H3,(H,22,25). The molecule has 7 nitrogen and oxygen atoms in total. The lowest BCUT2D eigenvalue weighted by atomic mass is 10.1. The van der Waals surface area contributed by atoms with E-state index in [-0.39, 0.29) is 29.2 Å². The van der Waals surface area contributed by atoms with Crippen molar-refractivity contribution in [2.24, 2.45) is 0 Å². The van der Waals surface area contributed by atoms with Crippen LogP contribution in [0.15, 0.2) is 53.4 Å². The van der Waals surface area contributed by atoms with Gasteiger partial charge in [-0.15, -0.1) is 0 Å². The fraction of sp³-hybridized carbons (Fsp3) is 0.333. The Hall–Kier alpha value is -2.71. The zero-order valence-corrected chi connectivity index (χ0v) is 17.0. The van der Waals surface area contributed by atoms with E-state index in [1.54, 1.807) is 24.3 Å². The summed E-state index contributed by atoms with van der Waals surface area (Å²) in [5, 5.41) is 2.66. The van der Waals surface area contributed by atoms with Crippen LogP contribution in [0, 0.1) is 0 Å². The molecule has 0 heterocycles. The van der Waals surface area contributed by atoms with E-state index >= 15 is 0 Å². The maximum Gasteiger partial charge on any atom is 0.262 e. The van der Waals surface area contributed by atoms with Crippen molar-refractivity contribution < 1.29 is 22.7 Å². The summed E-state index contributed by atoms with van der Waals surface area (Å²) in [6.07, 6.45) is 3.82. The number of carbonyl (C=O) groups is 2. The molecule has 0 unspecified atom stereocenters. The van der Waals surface area contributed by atoms with Crippen LogP contribution in [0.1, 0.15) is 43.0 Å². The smallest absolute Gasteiger partial charge is 0.262 e. The Morgan fingerprint density at radius 2 is 1.76 bits per heavy atom. The van der Waals surface area contributed by atoms with Crippen molar-refractivity contribution in [1.29, 1.82) is 0 Å². The van der Waals surface area contributed by atoms with Crippen molar-refractivity contribution in [3.63, 3.8) is 0 Å². The molecule has 0 aromatic heterocycles. The van der Waals surface area contributed by atoms with Gasteiger partial charge in [-0.05, 0) is 56.2 Å². The third kappa shape index (κ3) is 5.88. The van der Waals surface area contributed by atoms with Crippen molar-refractivity contribution in [2.75, 3.05) is 11.9 Å². The van der Waals surface area contributed by atoms with Crippen LogP contribution in [0.5, 0.6) is 5.75 Å². The number of sulfonamides is 1. The lowest BCUT2D eigenvalue weighted by molar-refractivity contribution is -0.118. The van der Waals surface area contributed by atoms with Crippen LogP contribution in [0.3, 0.4) is 0 Å². The van der Waals surface area contributed by atoms with Gasteiger partial charge in [-0.3, -0.25) is 9.59 Å². The predicted molar refractivity (Wildman–Crippen MR) is 110 cm³/mol. The number of amides is 1. The van der Waals surface area contributed by atoms with Gasteiger partial charge in [0, 0.05) is 17.3 Å². The van der Waals surface area contributed by atoms with Crippen molar-refractivity contribution in [3.8, 4) is 5.75 Å². The van der Waals surface area contributed by atoms with E-state index in [9.17, 15) is 18.0 Å². The molecule has 1 aliphatic carbocycles. The van der Waals surface area contributed by atoms with Gasteiger partial charge in [-0.1, -0.05) is 25.0 Å². The van der Waals surface area contributed by atoms with E-state index in [1.165, 1.54) is 31.2 Å². The molecule has 1 amide bonds. The lowest BCUT2D eigenvalue weighted by Crippen LogP contribution is -2.32. The molecular formula is C21H24N2O5S. The van der Waals surface area contributed by atoms with E-state index in [1.807, 2.05) is 0 Å². The van der Waals surface area contributed by atoms with Crippen molar-refractivity contribution in [3.05, 3.63) is 54.1 Å². The number of Topliss-reactive ketones (excluding diaryl/α,β-unsaturated/α-hetero) is 1. The number of carbonyl (C=O) groups excluding carboxylic acids is 2. The number of ketones is 1. The molecule has 0 saturated heterocycles. The van der Waals surface area contributed by atoms with Gasteiger partial charge in [0.2, 0.25) is 10.0 Å². The van der Waals surface area contributed by atoms with Crippen molar-refractivity contribution in [2.45, 2.75) is 43.5 Å². The first-order chi connectivity index (χ1) is 13.8. The van der Waals surface area contributed by atoms with Gasteiger partial charge < -0.3 is 10.1 Å². The lowest BCUT2D eigenvalue weighted by Gasteiger charge is -2.13. The minimum Gasteiger partial charge on any atom is -0.484 e. The molecule has 2 N–H and O–H groups in total. The minimum atomic E-state index is -3.56. The van der Waals surface area contributed by atoms with Crippen LogP contribution >= 0.6 is 0 Å². The second-order valence-electron chi connectivity index (χ2n) is 7.05. The van der Waals surface area contributed by atoms with Crippen LogP contribution in [0.2, 0.25) is 0 Å². The average molecular weight is 416 g/mol. The van der Waals surface area contributed by atoms with Gasteiger partial charge in [-0.25, -0.2) is 13.1 Å². The van der Waals surface area contributed by atoms with E-state index in [2.05, 4.69) is 10.0 Å². The van der Waals surface area contributed by atoms with Gasteiger partial charge in [0.1, 0.15) is 5.75 Å². The molecule has 29 heavy (non-hydrogen) atoms. The first-order valence-corrected chi connectivity index (χ1v) is 11.0. The zero-order valence-electron chi connectivity index (χ0n) is 16.2. The summed E-state index contributed by atoms with van der Waals surface area (Å²) >= 11 is 0. The van der Waals surface area contributed by atoms with Gasteiger partial charge in [-0.2, -0.15) is 0 Å². The van der Waals surface area contributed by atoms with Gasteiger partial charge in [0.25, 0.3) is 5.91 Å². The summed E-state index contributed by atoms with van der Waals surface area (Å²) in [6.45, 7) is 1.22. The molecule has 0 spiro atoms. The van der Waals surface area contributed by atoms with Gasteiger partial charge in [0.15, 0.2) is 12.4 Å². The number of hydrogen-bond acceptors (Lipinski definition) is 5. The minimum absolute atomic E-state index is 0.00104. The van der Waals surface area contributed by atoms with Crippen molar-refractivity contribution >= 4 is 27.4 Å². The first kappa shape index (κ1) is 21.0. The summed E-state index contributed by atoms with van der Waals surface area (Å²) in [4.78, 5) is 23.6. The van der Waals surface area contributed by atoms with Crippen LogP contribution in [0.4, 0.5) is 5.69 Å². The van der Waals surface area contributed by atoms with Crippen LogP contribution in [0.25, 0.3) is 0 Å². The number of benzene rings is 2. The molecule has 1 aliphatic rings. The average Bonchev–Trinajstić information content (AvgIpc) is 3.19. The Bertz CT molecular complexity index is 980. The molecule has 2 aromatic rings. The number of nitrogens with one attached hydrogen (secondary N) is 2. The molecular weight excluding hydrogens is 392 g/mol. The largest absolute Gasteiger partial charge is 0.484 e. The first-order valence-electron chi connectivity index (χ1n) is 9.49. The molecule has 1 saturated carbocycles. The van der Waals surface area contributed by atoms with Gasteiger partial charge in [0.05, 0.1) is 4.90 Å². The van der Waals surface area contributed by atoms with E-state index in [4.69, 9.17) is 4.74 Å². The maximum absolute atomic E-state index is 12.4. The monoisotopic (exact) mass is 416 g/mol. The zero-order chi connectivity index (χ0) is 20.9. The molecule has 1 fully saturated rings. The summed E-state index contributed by atoms with van der Waals surface area (Å²) in [6, 6.07) is 12.6. The molecule has 0 radical (unpaired) electrons. The Morgan fingerprint density at radius 1 is 1.07 bits per heavy atom. The highest BCUT2D eigenvalue weighted by Crippen LogP contribution is 2.21. The highest BCUT2D eigenvalue weighted by molar-refractivity contribution is 7.89. The number of ether oxygens (including phenoxy) is 1. The number of rotatable bonds is 8. The molecule has 0 aliphatic heterocycles. The molecule has 8 heteroatoms. The quantitative estimate of drug-likeness (QED) is 0.644. The normalized spacial score (nSPS) is 14.5. The van der Waals surface area contributed by atoms with Crippen molar-refractivity contribution in [1.82, 2.24) is 4.72 Å². The third-order valence-corrected chi connectivity index (χ3v) is 6.27. The molecule has 2 aromatic carbocycles. The topological polar surface area (TPSA) is 102 Å². The molecule has 0 bridgehead atoms. The molecule has 3 rings (SSSR count).